The van der Waals surface area contributed by atoms with E-state index in [1.165, 1.54) is 0 Å². The van der Waals surface area contributed by atoms with Gasteiger partial charge in [-0.15, -0.1) is 0 Å². The lowest BCUT2D eigenvalue weighted by atomic mass is 10.0. The zero-order valence-corrected chi connectivity index (χ0v) is 25.0. The van der Waals surface area contributed by atoms with Crippen molar-refractivity contribution in [3.05, 3.63) is 78.4 Å². The lowest BCUT2D eigenvalue weighted by Crippen LogP contribution is -2.36. The molecule has 2 N–H and O–H groups in total. The summed E-state index contributed by atoms with van der Waals surface area (Å²) in [5, 5.41) is 0.956. The average molecular weight is 605 g/mol. The summed E-state index contributed by atoms with van der Waals surface area (Å²) < 4.78 is 25.9. The van der Waals surface area contributed by atoms with Gasteiger partial charge in [-0.1, -0.05) is 0 Å². The van der Waals surface area contributed by atoms with E-state index in [9.17, 15) is 4.39 Å². The molecular weight excluding hydrogens is 571 g/mol. The Morgan fingerprint density at radius 3 is 2.42 bits per heavy atom. The van der Waals surface area contributed by atoms with Crippen molar-refractivity contribution in [2.24, 2.45) is 0 Å². The topological polar surface area (TPSA) is 108 Å². The predicted molar refractivity (Wildman–Crippen MR) is 171 cm³/mol. The second-order valence-corrected chi connectivity index (χ2v) is 11.7. The number of anilines is 1. The van der Waals surface area contributed by atoms with Gasteiger partial charge in [0.25, 0.3) is 0 Å². The van der Waals surface area contributed by atoms with Gasteiger partial charge in [-0.2, -0.15) is 0 Å². The van der Waals surface area contributed by atoms with Gasteiger partial charge in [0.15, 0.2) is 0 Å². The fraction of sp³-hybridized carbons (Fsp3) is 0.294. The Morgan fingerprint density at radius 2 is 1.58 bits per heavy atom. The maximum atomic E-state index is 14.9. The van der Waals surface area contributed by atoms with Gasteiger partial charge in [0, 0.05) is 96.5 Å². The Balaban J connectivity index is 1.16. The summed E-state index contributed by atoms with van der Waals surface area (Å²) in [5.41, 5.74) is 9.65. The molecule has 0 aliphatic carbocycles. The Morgan fingerprint density at radius 1 is 0.800 bits per heavy atom. The molecular formula is C34H33FN8O2. The lowest BCUT2D eigenvalue weighted by Gasteiger charge is -2.29. The molecule has 0 saturated carbocycles. The highest BCUT2D eigenvalue weighted by molar-refractivity contribution is 5.99. The van der Waals surface area contributed by atoms with Crippen LogP contribution in [0.1, 0.15) is 11.3 Å². The zero-order valence-electron chi connectivity index (χ0n) is 25.0. The molecule has 11 heteroatoms. The number of fused-ring (bicyclic) bond motifs is 2. The van der Waals surface area contributed by atoms with Crippen LogP contribution in [-0.2, 0) is 16.0 Å². The molecule has 6 aromatic rings. The molecule has 10 nitrogen and oxygen atoms in total. The van der Waals surface area contributed by atoms with Gasteiger partial charge in [0.2, 0.25) is 0 Å². The van der Waals surface area contributed by atoms with Crippen molar-refractivity contribution in [3.8, 4) is 33.6 Å². The lowest BCUT2D eigenvalue weighted by molar-refractivity contribution is 0.0341. The maximum Gasteiger partial charge on any atom is 0.141 e. The van der Waals surface area contributed by atoms with Crippen molar-refractivity contribution >= 4 is 27.8 Å². The van der Waals surface area contributed by atoms with Crippen LogP contribution in [0.25, 0.3) is 55.7 Å². The number of H-pyrrole nitrogens is 2. The monoisotopic (exact) mass is 604 g/mol. The molecule has 2 saturated heterocycles. The number of hydrogen-bond acceptors (Lipinski definition) is 8. The second-order valence-electron chi connectivity index (χ2n) is 11.7. The SMILES string of the molecule is Cc1[nH]c2ncc(-c3cncc(CN4CCOCC4)c3)cc2c1-c1nc2c(-c3cc(F)cc(N4CCOCC4)c3)cncc2[nH]1. The summed E-state index contributed by atoms with van der Waals surface area (Å²) in [6.07, 6.45) is 9.21. The van der Waals surface area contributed by atoms with Crippen LogP contribution in [0.15, 0.2) is 61.3 Å². The number of pyridine rings is 3. The molecule has 0 amide bonds. The Labute approximate surface area is 259 Å². The molecule has 2 fully saturated rings. The van der Waals surface area contributed by atoms with E-state index in [2.05, 4.69) is 41.9 Å². The number of imidazole rings is 1. The maximum absolute atomic E-state index is 14.9. The summed E-state index contributed by atoms with van der Waals surface area (Å²) >= 11 is 0. The first-order valence-corrected chi connectivity index (χ1v) is 15.3. The molecule has 0 radical (unpaired) electrons. The van der Waals surface area contributed by atoms with Gasteiger partial charge in [-0.05, 0) is 48.4 Å². The first-order chi connectivity index (χ1) is 22.1. The van der Waals surface area contributed by atoms with Crippen LogP contribution in [-0.4, -0.2) is 87.4 Å². The number of morpholine rings is 2. The molecule has 7 heterocycles. The van der Waals surface area contributed by atoms with Gasteiger partial charge in [-0.3, -0.25) is 14.9 Å². The van der Waals surface area contributed by atoms with E-state index in [0.717, 1.165) is 113 Å². The van der Waals surface area contributed by atoms with Crippen LogP contribution in [0.3, 0.4) is 0 Å². The summed E-state index contributed by atoms with van der Waals surface area (Å²) in [4.78, 5) is 30.3. The van der Waals surface area contributed by atoms with Crippen molar-refractivity contribution in [1.82, 2.24) is 34.8 Å². The summed E-state index contributed by atoms with van der Waals surface area (Å²) in [5.74, 6) is 0.405. The van der Waals surface area contributed by atoms with Crippen molar-refractivity contribution in [2.75, 3.05) is 57.5 Å². The summed E-state index contributed by atoms with van der Waals surface area (Å²) in [6.45, 7) is 8.94. The number of benzene rings is 1. The summed E-state index contributed by atoms with van der Waals surface area (Å²) in [6, 6.07) is 9.46. The average Bonchev–Trinajstić information content (AvgIpc) is 3.65. The van der Waals surface area contributed by atoms with Crippen LogP contribution < -0.4 is 4.90 Å². The fourth-order valence-corrected chi connectivity index (χ4v) is 6.41. The molecule has 1 aromatic carbocycles. The van der Waals surface area contributed by atoms with Gasteiger partial charge in [0.05, 0.1) is 43.7 Å². The normalized spacial score (nSPS) is 16.2. The third kappa shape index (κ3) is 5.43. The number of rotatable bonds is 6. The molecule has 0 unspecified atom stereocenters. The highest BCUT2D eigenvalue weighted by atomic mass is 19.1. The highest BCUT2D eigenvalue weighted by Gasteiger charge is 2.20. The molecule has 2 aliphatic rings. The highest BCUT2D eigenvalue weighted by Crippen LogP contribution is 2.36. The third-order valence-corrected chi connectivity index (χ3v) is 8.68. The molecule has 0 spiro atoms. The molecule has 0 bridgehead atoms. The molecule has 0 atom stereocenters. The number of nitrogens with zero attached hydrogens (tertiary/aromatic N) is 6. The van der Waals surface area contributed by atoms with Crippen LogP contribution in [0.4, 0.5) is 10.1 Å². The van der Waals surface area contributed by atoms with Crippen molar-refractivity contribution < 1.29 is 13.9 Å². The molecule has 45 heavy (non-hydrogen) atoms. The minimum Gasteiger partial charge on any atom is -0.379 e. The van der Waals surface area contributed by atoms with E-state index in [0.29, 0.717) is 19.0 Å². The fourth-order valence-electron chi connectivity index (χ4n) is 6.41. The number of aromatic nitrogens is 6. The van der Waals surface area contributed by atoms with E-state index in [1.807, 2.05) is 31.6 Å². The van der Waals surface area contributed by atoms with Crippen LogP contribution in [0, 0.1) is 12.7 Å². The molecule has 5 aromatic heterocycles. The Hall–Kier alpha value is -4.71. The van der Waals surface area contributed by atoms with E-state index >= 15 is 0 Å². The van der Waals surface area contributed by atoms with E-state index in [4.69, 9.17) is 19.4 Å². The van der Waals surface area contributed by atoms with Crippen molar-refractivity contribution in [2.45, 2.75) is 13.5 Å². The van der Waals surface area contributed by atoms with Crippen LogP contribution >= 0.6 is 0 Å². The van der Waals surface area contributed by atoms with Gasteiger partial charge < -0.3 is 24.3 Å². The molecule has 2 aliphatic heterocycles. The Kier molecular flexibility index (Phi) is 7.21. The summed E-state index contributed by atoms with van der Waals surface area (Å²) in [7, 11) is 0. The van der Waals surface area contributed by atoms with E-state index < -0.39 is 0 Å². The minimum absolute atomic E-state index is 0.295. The standard InChI is InChI=1S/C34H33FN8O2/c1-21-31(28-13-25(17-38-33(28)39-21)24-10-22(15-36-16-24)20-42-2-6-44-7-3-42)34-40-30-19-37-18-29(32(30)41-34)23-11-26(35)14-27(12-23)43-4-8-45-9-5-43/h10-19H,2-9,20H2,1H3,(H,38,39)(H,40,41). The molecule has 8 rings (SSSR count). The third-order valence-electron chi connectivity index (χ3n) is 8.68. The van der Waals surface area contributed by atoms with Crippen LogP contribution in [0.2, 0.25) is 0 Å². The number of nitrogens with one attached hydrogen (secondary N) is 2. The van der Waals surface area contributed by atoms with Crippen molar-refractivity contribution in [3.63, 3.8) is 0 Å². The van der Waals surface area contributed by atoms with E-state index in [1.54, 1.807) is 24.5 Å². The minimum atomic E-state index is -0.295. The smallest absolute Gasteiger partial charge is 0.141 e. The molecule has 228 valence electrons. The van der Waals surface area contributed by atoms with E-state index in [-0.39, 0.29) is 5.82 Å². The quantitative estimate of drug-likeness (QED) is 0.262. The largest absolute Gasteiger partial charge is 0.379 e. The van der Waals surface area contributed by atoms with Gasteiger partial charge in [-0.25, -0.2) is 14.4 Å². The van der Waals surface area contributed by atoms with Crippen molar-refractivity contribution in [1.29, 1.82) is 0 Å². The van der Waals surface area contributed by atoms with Gasteiger partial charge >= 0.3 is 0 Å². The number of halogens is 1. The number of hydrogen-bond donors (Lipinski definition) is 2. The predicted octanol–water partition coefficient (Wildman–Crippen LogP) is 5.35. The first kappa shape index (κ1) is 27.8. The number of ether oxygens (including phenoxy) is 2. The number of aryl methyl sites for hydroxylation is 1. The Bertz CT molecular complexity index is 2010. The first-order valence-electron chi connectivity index (χ1n) is 15.3. The van der Waals surface area contributed by atoms with Crippen LogP contribution in [0.5, 0.6) is 0 Å². The van der Waals surface area contributed by atoms with Gasteiger partial charge in [0.1, 0.15) is 17.3 Å². The zero-order chi connectivity index (χ0) is 30.3. The second kappa shape index (κ2) is 11.7. The number of aromatic amines is 2.